The van der Waals surface area contributed by atoms with E-state index in [1.54, 1.807) is 5.01 Å². The van der Waals surface area contributed by atoms with E-state index in [-0.39, 0.29) is 17.5 Å². The van der Waals surface area contributed by atoms with E-state index in [4.69, 9.17) is 5.10 Å². The Morgan fingerprint density at radius 2 is 1.77 bits per heavy atom. The van der Waals surface area contributed by atoms with Gasteiger partial charge in [0.15, 0.2) is 0 Å². The molecule has 0 saturated carbocycles. The summed E-state index contributed by atoms with van der Waals surface area (Å²) in [6.07, 6.45) is 0.880. The third-order valence-electron chi connectivity index (χ3n) is 7.34. The van der Waals surface area contributed by atoms with Crippen molar-refractivity contribution in [1.82, 2.24) is 14.9 Å². The SMILES string of the molecule is CCC(=O)N1N=C(c2c(C)c3ccc(N4CCN(C)CC4)cc3[nH]c2=O)CC1c1ccc(C)cc1. The number of piperazine rings is 1. The van der Waals surface area contributed by atoms with E-state index in [2.05, 4.69) is 40.0 Å². The Morgan fingerprint density at radius 3 is 2.46 bits per heavy atom. The number of aromatic amines is 1. The second-order valence-corrected chi connectivity index (χ2v) is 9.74. The van der Waals surface area contributed by atoms with E-state index in [9.17, 15) is 9.59 Å². The van der Waals surface area contributed by atoms with E-state index in [0.717, 1.165) is 53.9 Å². The molecule has 2 aliphatic heterocycles. The fourth-order valence-corrected chi connectivity index (χ4v) is 5.16. The van der Waals surface area contributed by atoms with Gasteiger partial charge in [-0.25, -0.2) is 5.01 Å². The molecule has 1 aromatic heterocycles. The molecule has 7 heteroatoms. The van der Waals surface area contributed by atoms with Crippen LogP contribution in [0.1, 0.15) is 48.1 Å². The molecule has 3 heterocycles. The number of benzene rings is 2. The predicted molar refractivity (Wildman–Crippen MR) is 141 cm³/mol. The Hall–Kier alpha value is -3.45. The van der Waals surface area contributed by atoms with Crippen molar-refractivity contribution in [3.63, 3.8) is 0 Å². The van der Waals surface area contributed by atoms with Gasteiger partial charge in [0, 0.05) is 50.1 Å². The van der Waals surface area contributed by atoms with Gasteiger partial charge in [0.2, 0.25) is 5.91 Å². The topological polar surface area (TPSA) is 72.0 Å². The van der Waals surface area contributed by atoms with Crippen molar-refractivity contribution in [3.8, 4) is 0 Å². The molecule has 7 nitrogen and oxygen atoms in total. The molecule has 1 unspecified atom stereocenters. The maximum Gasteiger partial charge on any atom is 0.257 e. The minimum Gasteiger partial charge on any atom is -0.369 e. The molecule has 0 aliphatic carbocycles. The smallest absolute Gasteiger partial charge is 0.257 e. The van der Waals surface area contributed by atoms with Crippen molar-refractivity contribution in [2.45, 2.75) is 39.7 Å². The number of nitrogens with one attached hydrogen (secondary N) is 1. The van der Waals surface area contributed by atoms with Crippen LogP contribution in [0.3, 0.4) is 0 Å². The number of aryl methyl sites for hydroxylation is 2. The van der Waals surface area contributed by atoms with Crippen molar-refractivity contribution < 1.29 is 4.79 Å². The number of H-pyrrole nitrogens is 1. The van der Waals surface area contributed by atoms with Crippen LogP contribution in [0.25, 0.3) is 10.9 Å². The molecule has 0 bridgehead atoms. The fraction of sp³-hybridized carbons (Fsp3) is 0.393. The van der Waals surface area contributed by atoms with Crippen LogP contribution in [0, 0.1) is 13.8 Å². The third kappa shape index (κ3) is 4.36. The summed E-state index contributed by atoms with van der Waals surface area (Å²) < 4.78 is 0. The van der Waals surface area contributed by atoms with E-state index in [1.165, 1.54) is 5.56 Å². The number of carbonyl (C=O) groups is 1. The zero-order valence-electron chi connectivity index (χ0n) is 21.0. The first-order valence-electron chi connectivity index (χ1n) is 12.4. The summed E-state index contributed by atoms with van der Waals surface area (Å²) in [7, 11) is 2.14. The van der Waals surface area contributed by atoms with Gasteiger partial charge in [-0.2, -0.15) is 5.10 Å². The second kappa shape index (κ2) is 9.30. The van der Waals surface area contributed by atoms with Crippen LogP contribution in [0.4, 0.5) is 5.69 Å². The van der Waals surface area contributed by atoms with Gasteiger partial charge >= 0.3 is 0 Å². The van der Waals surface area contributed by atoms with Crippen molar-refractivity contribution in [2.24, 2.45) is 5.10 Å². The number of aromatic nitrogens is 1. The van der Waals surface area contributed by atoms with Gasteiger partial charge < -0.3 is 14.8 Å². The molecule has 1 atom stereocenters. The lowest BCUT2D eigenvalue weighted by Gasteiger charge is -2.34. The first-order valence-corrected chi connectivity index (χ1v) is 12.4. The summed E-state index contributed by atoms with van der Waals surface area (Å²) >= 11 is 0. The largest absolute Gasteiger partial charge is 0.369 e. The number of pyridine rings is 1. The lowest BCUT2D eigenvalue weighted by Crippen LogP contribution is -2.44. The third-order valence-corrected chi connectivity index (χ3v) is 7.34. The molecule has 2 aromatic carbocycles. The quantitative estimate of drug-likeness (QED) is 0.625. The van der Waals surface area contributed by atoms with Crippen LogP contribution in [0.2, 0.25) is 0 Å². The van der Waals surface area contributed by atoms with E-state index < -0.39 is 0 Å². The Balaban J connectivity index is 1.52. The molecule has 1 saturated heterocycles. The standard InChI is InChI=1S/C28H33N5O2/c1-5-26(34)33-25(20-8-6-18(2)7-9-20)17-24(30-33)27-19(3)22-11-10-21(16-23(22)29-28(27)35)32-14-12-31(4)13-15-32/h6-11,16,25H,5,12-15,17H2,1-4H3,(H,29,35). The normalized spacial score (nSPS) is 18.9. The lowest BCUT2D eigenvalue weighted by molar-refractivity contribution is -0.132. The number of fused-ring (bicyclic) bond motifs is 1. The van der Waals surface area contributed by atoms with Crippen LogP contribution >= 0.6 is 0 Å². The maximum atomic E-state index is 13.3. The van der Waals surface area contributed by atoms with E-state index >= 15 is 0 Å². The average molecular weight is 472 g/mol. The summed E-state index contributed by atoms with van der Waals surface area (Å²) in [5.74, 6) is -0.0442. The Labute approximate surface area is 206 Å². The molecule has 2 aliphatic rings. The second-order valence-electron chi connectivity index (χ2n) is 9.74. The fourth-order valence-electron chi connectivity index (χ4n) is 5.16. The van der Waals surface area contributed by atoms with Crippen LogP contribution < -0.4 is 10.5 Å². The van der Waals surface area contributed by atoms with E-state index in [0.29, 0.717) is 24.1 Å². The molecule has 3 aromatic rings. The highest BCUT2D eigenvalue weighted by Crippen LogP contribution is 2.34. The molecular formula is C28H33N5O2. The zero-order chi connectivity index (χ0) is 24.7. The molecular weight excluding hydrogens is 438 g/mol. The molecule has 182 valence electrons. The van der Waals surface area contributed by atoms with Crippen molar-refractivity contribution >= 4 is 28.2 Å². The number of nitrogens with zero attached hydrogens (tertiary/aromatic N) is 4. The van der Waals surface area contributed by atoms with E-state index in [1.807, 2.05) is 45.0 Å². The number of hydrogen-bond acceptors (Lipinski definition) is 5. The summed E-state index contributed by atoms with van der Waals surface area (Å²) in [6.45, 7) is 9.87. The Kier molecular flexibility index (Phi) is 6.19. The summed E-state index contributed by atoms with van der Waals surface area (Å²) in [4.78, 5) is 33.9. The van der Waals surface area contributed by atoms with Gasteiger partial charge in [-0.05, 0) is 44.2 Å². The first kappa shape index (κ1) is 23.3. The van der Waals surface area contributed by atoms with Crippen LogP contribution in [0.15, 0.2) is 52.4 Å². The summed E-state index contributed by atoms with van der Waals surface area (Å²) in [5, 5.41) is 7.28. The number of likely N-dealkylation sites (N-methyl/N-ethyl adjacent to an activating group) is 1. The monoisotopic (exact) mass is 471 g/mol. The molecule has 1 N–H and O–H groups in total. The van der Waals surface area contributed by atoms with Crippen LogP contribution in [0.5, 0.6) is 0 Å². The Morgan fingerprint density at radius 1 is 1.06 bits per heavy atom. The molecule has 1 fully saturated rings. The molecule has 0 radical (unpaired) electrons. The Bertz CT molecular complexity index is 1350. The van der Waals surface area contributed by atoms with Gasteiger partial charge in [0.1, 0.15) is 0 Å². The molecule has 1 amide bonds. The van der Waals surface area contributed by atoms with Crippen LogP contribution in [-0.2, 0) is 4.79 Å². The molecule has 0 spiro atoms. The van der Waals surface area contributed by atoms with Crippen LogP contribution in [-0.4, -0.2) is 59.7 Å². The van der Waals surface area contributed by atoms with Gasteiger partial charge in [0.25, 0.3) is 5.56 Å². The van der Waals surface area contributed by atoms with Crippen molar-refractivity contribution in [3.05, 3.63) is 75.1 Å². The van der Waals surface area contributed by atoms with Gasteiger partial charge in [-0.15, -0.1) is 0 Å². The lowest BCUT2D eigenvalue weighted by atomic mass is 9.94. The summed E-state index contributed by atoms with van der Waals surface area (Å²) in [5.41, 5.74) is 6.16. The maximum absolute atomic E-state index is 13.3. The minimum atomic E-state index is -0.202. The molecule has 35 heavy (non-hydrogen) atoms. The zero-order valence-corrected chi connectivity index (χ0v) is 21.0. The number of hydrogen-bond donors (Lipinski definition) is 1. The number of hydrazone groups is 1. The number of rotatable bonds is 4. The number of anilines is 1. The number of amides is 1. The van der Waals surface area contributed by atoms with Crippen molar-refractivity contribution in [2.75, 3.05) is 38.1 Å². The highest BCUT2D eigenvalue weighted by Gasteiger charge is 2.34. The minimum absolute atomic E-state index is 0.0442. The van der Waals surface area contributed by atoms with Gasteiger partial charge in [-0.1, -0.05) is 42.8 Å². The molecule has 5 rings (SSSR count). The number of carbonyl (C=O) groups excluding carboxylic acids is 1. The highest BCUT2D eigenvalue weighted by atomic mass is 16.2. The average Bonchev–Trinajstić information content (AvgIpc) is 3.29. The van der Waals surface area contributed by atoms with Gasteiger partial charge in [0.05, 0.1) is 22.8 Å². The first-order chi connectivity index (χ1) is 16.9. The predicted octanol–water partition coefficient (Wildman–Crippen LogP) is 3.98. The van der Waals surface area contributed by atoms with Gasteiger partial charge in [-0.3, -0.25) is 9.59 Å². The highest BCUT2D eigenvalue weighted by molar-refractivity contribution is 6.06. The van der Waals surface area contributed by atoms with Crippen molar-refractivity contribution in [1.29, 1.82) is 0 Å². The summed E-state index contributed by atoms with van der Waals surface area (Å²) in [6, 6.07) is 14.3.